The molecular weight excluding hydrogens is 394 g/mol. The number of nitro benzene ring substituents is 1. The van der Waals surface area contributed by atoms with Gasteiger partial charge in [0.2, 0.25) is 0 Å². The summed E-state index contributed by atoms with van der Waals surface area (Å²) in [4.78, 5) is 24.2. The molecule has 1 aliphatic heterocycles. The molecule has 1 aromatic carbocycles. The largest absolute Gasteiger partial charge is 0.444 e. The van der Waals surface area contributed by atoms with Crippen LogP contribution in [0.1, 0.15) is 27.2 Å². The number of carbonyl (C=O) groups excluding carboxylic acids is 1. The van der Waals surface area contributed by atoms with Crippen LogP contribution in [-0.4, -0.2) is 51.9 Å². The van der Waals surface area contributed by atoms with Gasteiger partial charge in [-0.15, -0.1) is 0 Å². The molecule has 1 amide bonds. The first-order chi connectivity index (χ1) is 11.6. The SMILES string of the molecule is CC(C)(C)OC(=O)N1CCC(Nc2ccc(Br)cc2[N+](=O)[O-])C(O)C1. The van der Waals surface area contributed by atoms with Crippen molar-refractivity contribution in [2.24, 2.45) is 0 Å². The molecule has 0 bridgehead atoms. The fourth-order valence-corrected chi connectivity index (χ4v) is 2.92. The molecular formula is C16H22BrN3O5. The van der Waals surface area contributed by atoms with Gasteiger partial charge in [-0.05, 0) is 39.3 Å². The molecule has 2 atom stereocenters. The number of anilines is 1. The molecule has 0 radical (unpaired) electrons. The summed E-state index contributed by atoms with van der Waals surface area (Å²) >= 11 is 3.21. The first-order valence-corrected chi connectivity index (χ1v) is 8.72. The van der Waals surface area contributed by atoms with E-state index in [1.165, 1.54) is 11.0 Å². The van der Waals surface area contributed by atoms with Crippen LogP contribution in [0.4, 0.5) is 16.2 Å². The number of piperidine rings is 1. The van der Waals surface area contributed by atoms with E-state index in [4.69, 9.17) is 4.74 Å². The average molecular weight is 416 g/mol. The molecule has 9 heteroatoms. The van der Waals surface area contributed by atoms with Gasteiger partial charge in [-0.25, -0.2) is 4.79 Å². The lowest BCUT2D eigenvalue weighted by atomic mass is 10.0. The lowest BCUT2D eigenvalue weighted by Gasteiger charge is -2.37. The molecule has 1 heterocycles. The van der Waals surface area contributed by atoms with Gasteiger partial charge in [0.1, 0.15) is 11.3 Å². The summed E-state index contributed by atoms with van der Waals surface area (Å²) in [5.41, 5.74) is -0.339. The molecule has 1 saturated heterocycles. The minimum absolute atomic E-state index is 0.0730. The molecule has 2 rings (SSSR count). The van der Waals surface area contributed by atoms with E-state index < -0.39 is 28.8 Å². The van der Waals surface area contributed by atoms with Gasteiger partial charge in [0.15, 0.2) is 0 Å². The number of amides is 1. The molecule has 2 unspecified atom stereocenters. The van der Waals surface area contributed by atoms with Crippen LogP contribution in [0, 0.1) is 10.1 Å². The Bertz CT molecular complexity index is 662. The van der Waals surface area contributed by atoms with Crippen molar-refractivity contribution in [3.05, 3.63) is 32.8 Å². The lowest BCUT2D eigenvalue weighted by molar-refractivity contribution is -0.384. The maximum Gasteiger partial charge on any atom is 0.410 e. The summed E-state index contributed by atoms with van der Waals surface area (Å²) in [5, 5.41) is 24.5. The molecule has 0 aromatic heterocycles. The molecule has 0 saturated carbocycles. The zero-order valence-corrected chi connectivity index (χ0v) is 15.9. The number of nitrogens with one attached hydrogen (secondary N) is 1. The Balaban J connectivity index is 2.03. The third kappa shape index (κ3) is 5.30. The summed E-state index contributed by atoms with van der Waals surface area (Å²) < 4.78 is 5.91. The minimum Gasteiger partial charge on any atom is -0.444 e. The van der Waals surface area contributed by atoms with Gasteiger partial charge >= 0.3 is 6.09 Å². The number of ether oxygens (including phenoxy) is 1. The van der Waals surface area contributed by atoms with Crippen molar-refractivity contribution < 1.29 is 19.6 Å². The number of rotatable bonds is 3. The van der Waals surface area contributed by atoms with Gasteiger partial charge in [0.25, 0.3) is 5.69 Å². The molecule has 25 heavy (non-hydrogen) atoms. The number of aliphatic hydroxyl groups is 1. The van der Waals surface area contributed by atoms with Crippen molar-refractivity contribution in [2.75, 3.05) is 18.4 Å². The Morgan fingerprint density at radius 1 is 1.48 bits per heavy atom. The van der Waals surface area contributed by atoms with E-state index in [2.05, 4.69) is 21.2 Å². The topological polar surface area (TPSA) is 105 Å². The van der Waals surface area contributed by atoms with Crippen molar-refractivity contribution in [3.8, 4) is 0 Å². The Hall–Kier alpha value is -1.87. The number of β-amino-alcohol motifs (C(OH)–C–C–N with tert-alkyl or cyclic N) is 1. The molecule has 0 spiro atoms. The van der Waals surface area contributed by atoms with Crippen molar-refractivity contribution in [1.29, 1.82) is 0 Å². The monoisotopic (exact) mass is 415 g/mol. The second kappa shape index (κ2) is 7.57. The van der Waals surface area contributed by atoms with Crippen molar-refractivity contribution in [1.82, 2.24) is 4.90 Å². The standard InChI is InChI=1S/C16H22BrN3O5/c1-16(2,3)25-15(22)19-7-6-12(14(21)9-19)18-11-5-4-10(17)8-13(11)20(23)24/h4-5,8,12,14,18,21H,6-7,9H2,1-3H3. The molecule has 2 N–H and O–H groups in total. The highest BCUT2D eigenvalue weighted by molar-refractivity contribution is 9.10. The summed E-state index contributed by atoms with van der Waals surface area (Å²) in [7, 11) is 0. The maximum absolute atomic E-state index is 12.1. The number of hydrogen-bond acceptors (Lipinski definition) is 6. The zero-order chi connectivity index (χ0) is 18.8. The Kier molecular flexibility index (Phi) is 5.89. The van der Waals surface area contributed by atoms with Crippen molar-refractivity contribution >= 4 is 33.4 Å². The number of carbonyl (C=O) groups is 1. The van der Waals surface area contributed by atoms with Crippen LogP contribution in [0.15, 0.2) is 22.7 Å². The van der Waals surface area contributed by atoms with Gasteiger partial charge < -0.3 is 20.1 Å². The highest BCUT2D eigenvalue weighted by Gasteiger charge is 2.33. The van der Waals surface area contributed by atoms with E-state index in [0.717, 1.165) is 0 Å². The van der Waals surface area contributed by atoms with E-state index in [9.17, 15) is 20.0 Å². The lowest BCUT2D eigenvalue weighted by Crippen LogP contribution is -2.52. The maximum atomic E-state index is 12.1. The second-order valence-electron chi connectivity index (χ2n) is 6.95. The van der Waals surface area contributed by atoms with Crippen LogP contribution in [0.5, 0.6) is 0 Å². The number of hydrogen-bond donors (Lipinski definition) is 2. The quantitative estimate of drug-likeness (QED) is 0.580. The van der Waals surface area contributed by atoms with Crippen LogP contribution in [0.3, 0.4) is 0 Å². The molecule has 138 valence electrons. The van der Waals surface area contributed by atoms with E-state index >= 15 is 0 Å². The summed E-state index contributed by atoms with van der Waals surface area (Å²) in [6.07, 6.45) is -0.877. The number of aliphatic hydroxyl groups excluding tert-OH is 1. The van der Waals surface area contributed by atoms with Gasteiger partial charge in [-0.1, -0.05) is 15.9 Å². The Morgan fingerprint density at radius 3 is 2.72 bits per heavy atom. The van der Waals surface area contributed by atoms with E-state index in [1.807, 2.05) is 0 Å². The normalized spacial score (nSPS) is 20.9. The van der Waals surface area contributed by atoms with Crippen LogP contribution in [0.25, 0.3) is 0 Å². The van der Waals surface area contributed by atoms with Crippen LogP contribution in [-0.2, 0) is 4.74 Å². The number of likely N-dealkylation sites (tertiary alicyclic amines) is 1. The van der Waals surface area contributed by atoms with E-state index in [1.54, 1.807) is 32.9 Å². The predicted octanol–water partition coefficient (Wildman–Crippen LogP) is 3.14. The predicted molar refractivity (Wildman–Crippen MR) is 96.6 cm³/mol. The first kappa shape index (κ1) is 19.5. The highest BCUT2D eigenvalue weighted by Crippen LogP contribution is 2.30. The van der Waals surface area contributed by atoms with Gasteiger partial charge in [0, 0.05) is 17.1 Å². The fraction of sp³-hybridized carbons (Fsp3) is 0.562. The van der Waals surface area contributed by atoms with Crippen molar-refractivity contribution in [2.45, 2.75) is 44.9 Å². The third-order valence-corrected chi connectivity index (χ3v) is 4.22. The Morgan fingerprint density at radius 2 is 2.16 bits per heavy atom. The average Bonchev–Trinajstić information content (AvgIpc) is 2.48. The number of nitrogens with zero attached hydrogens (tertiary/aromatic N) is 2. The molecule has 8 nitrogen and oxygen atoms in total. The smallest absolute Gasteiger partial charge is 0.410 e. The number of benzene rings is 1. The van der Waals surface area contributed by atoms with Crippen molar-refractivity contribution in [3.63, 3.8) is 0 Å². The molecule has 1 aliphatic rings. The van der Waals surface area contributed by atoms with Gasteiger partial charge in [-0.2, -0.15) is 0 Å². The van der Waals surface area contributed by atoms with Crippen LogP contribution in [0.2, 0.25) is 0 Å². The Labute approximate surface area is 154 Å². The van der Waals surface area contributed by atoms with Gasteiger partial charge in [-0.3, -0.25) is 10.1 Å². The van der Waals surface area contributed by atoms with Crippen LogP contribution < -0.4 is 5.32 Å². The minimum atomic E-state index is -0.857. The highest BCUT2D eigenvalue weighted by atomic mass is 79.9. The second-order valence-corrected chi connectivity index (χ2v) is 7.87. The summed E-state index contributed by atoms with van der Waals surface area (Å²) in [5.74, 6) is 0. The fourth-order valence-electron chi connectivity index (χ4n) is 2.57. The number of halogens is 1. The van der Waals surface area contributed by atoms with E-state index in [-0.39, 0.29) is 12.2 Å². The van der Waals surface area contributed by atoms with Gasteiger partial charge in [0.05, 0.1) is 23.6 Å². The summed E-state index contributed by atoms with van der Waals surface area (Å²) in [6.45, 7) is 5.85. The third-order valence-electron chi connectivity index (χ3n) is 3.73. The number of nitro groups is 1. The zero-order valence-electron chi connectivity index (χ0n) is 14.4. The molecule has 1 fully saturated rings. The van der Waals surface area contributed by atoms with Crippen LogP contribution >= 0.6 is 15.9 Å². The molecule has 0 aliphatic carbocycles. The summed E-state index contributed by atoms with van der Waals surface area (Å²) in [6, 6.07) is 4.30. The van der Waals surface area contributed by atoms with E-state index in [0.29, 0.717) is 23.1 Å². The first-order valence-electron chi connectivity index (χ1n) is 7.93. The molecule has 1 aromatic rings.